The second-order valence-corrected chi connectivity index (χ2v) is 13.2. The molecule has 4 rings (SSSR count). The van der Waals surface area contributed by atoms with Crippen LogP contribution in [0.2, 0.25) is 0 Å². The van der Waals surface area contributed by atoms with Gasteiger partial charge in [-0.1, -0.05) is 41.5 Å². The third-order valence-electron chi connectivity index (χ3n) is 6.60. The van der Waals surface area contributed by atoms with Crippen molar-refractivity contribution in [3.05, 3.63) is 58.6 Å². The Labute approximate surface area is 243 Å². The van der Waals surface area contributed by atoms with Gasteiger partial charge in [0.1, 0.15) is 34.3 Å². The fraction of sp³-hybridized carbons (Fsp3) is 0.481. The lowest BCUT2D eigenvalue weighted by Crippen LogP contribution is -2.21. The first kappa shape index (κ1) is 31.2. The fourth-order valence-corrected chi connectivity index (χ4v) is 4.58. The molecule has 224 valence electrons. The molecule has 0 radical (unpaired) electrons. The molecule has 4 aromatic rings. The summed E-state index contributed by atoms with van der Waals surface area (Å²) < 4.78 is 97.7. The molecule has 0 aliphatic rings. The molecule has 14 heteroatoms. The van der Waals surface area contributed by atoms with Crippen LogP contribution in [-0.4, -0.2) is 19.6 Å². The highest BCUT2D eigenvalue weighted by molar-refractivity contribution is 7.80. The Bertz CT molecular complexity index is 1470. The van der Waals surface area contributed by atoms with Gasteiger partial charge >= 0.3 is 12.4 Å². The summed E-state index contributed by atoms with van der Waals surface area (Å²) in [5.74, 6) is 0.764. The summed E-state index contributed by atoms with van der Waals surface area (Å²) >= 11 is 8.45. The van der Waals surface area contributed by atoms with Gasteiger partial charge in [0.15, 0.2) is 10.2 Å². The summed E-state index contributed by atoms with van der Waals surface area (Å²) in [5.41, 5.74) is -5.29. The van der Waals surface area contributed by atoms with Crippen molar-refractivity contribution in [1.29, 1.82) is 0 Å². The zero-order valence-electron chi connectivity index (χ0n) is 23.6. The summed E-state index contributed by atoms with van der Waals surface area (Å²) in [6.45, 7) is 13.8. The molecule has 0 fully saturated rings. The molecule has 0 aliphatic carbocycles. The second kappa shape index (κ2) is 9.65. The number of halogens is 6. The molecule has 0 saturated heterocycles. The van der Waals surface area contributed by atoms with Crippen LogP contribution in [-0.2, 0) is 28.6 Å². The van der Waals surface area contributed by atoms with Crippen molar-refractivity contribution in [2.45, 2.75) is 94.2 Å². The van der Waals surface area contributed by atoms with Crippen LogP contribution in [0.25, 0.3) is 11.4 Å². The van der Waals surface area contributed by atoms with Crippen molar-refractivity contribution in [3.63, 3.8) is 0 Å². The van der Waals surface area contributed by atoms with E-state index in [0.717, 1.165) is 12.1 Å². The first-order valence-electron chi connectivity index (χ1n) is 12.4. The molecule has 0 N–H and O–H groups in total. The van der Waals surface area contributed by atoms with Crippen LogP contribution in [0.5, 0.6) is 0 Å². The molecule has 0 bridgehead atoms. The van der Waals surface area contributed by atoms with Crippen LogP contribution in [0, 0.1) is 0 Å². The monoisotopic (exact) mass is 620 g/mol. The number of aromatic nitrogens is 4. The van der Waals surface area contributed by atoms with Crippen molar-refractivity contribution in [2.24, 2.45) is 0 Å². The van der Waals surface area contributed by atoms with E-state index in [9.17, 15) is 26.3 Å². The Morgan fingerprint density at radius 2 is 0.902 bits per heavy atom. The first-order valence-corrected chi connectivity index (χ1v) is 13.3. The number of hydrogen-bond acceptors (Lipinski definition) is 6. The molecule has 41 heavy (non-hydrogen) atoms. The fourth-order valence-electron chi connectivity index (χ4n) is 4.06. The van der Waals surface area contributed by atoms with Gasteiger partial charge in [-0.05, 0) is 26.0 Å². The number of hydrogen-bond donors (Lipinski definition) is 2. The number of nitrogens with zero attached hydrogens (tertiary/aromatic N) is 4. The van der Waals surface area contributed by atoms with Gasteiger partial charge < -0.3 is 8.83 Å². The van der Waals surface area contributed by atoms with Crippen LogP contribution in [0.1, 0.15) is 89.7 Å². The van der Waals surface area contributed by atoms with E-state index in [1.165, 1.54) is 26.0 Å². The highest BCUT2D eigenvalue weighted by Crippen LogP contribution is 2.42. The van der Waals surface area contributed by atoms with E-state index in [2.05, 4.69) is 35.5 Å². The highest BCUT2D eigenvalue weighted by atomic mass is 32.1. The summed E-state index contributed by atoms with van der Waals surface area (Å²) in [6.07, 6.45) is -9.70. The molecule has 0 atom stereocenters. The molecule has 4 aromatic heterocycles. The molecule has 0 spiro atoms. The Kier molecular flexibility index (Phi) is 7.34. The van der Waals surface area contributed by atoms with Crippen LogP contribution in [0.4, 0.5) is 26.3 Å². The van der Waals surface area contributed by atoms with Crippen molar-refractivity contribution in [3.8, 4) is 11.4 Å². The molecule has 0 unspecified atom stereocenters. The van der Waals surface area contributed by atoms with Crippen LogP contribution in [0.15, 0.2) is 43.3 Å². The predicted octanol–water partition coefficient (Wildman–Crippen LogP) is 8.78. The Morgan fingerprint density at radius 1 is 0.585 bits per heavy atom. The van der Waals surface area contributed by atoms with Gasteiger partial charge in [0.25, 0.3) is 0 Å². The summed E-state index contributed by atoms with van der Waals surface area (Å²) in [7, 11) is 0. The molecule has 4 heterocycles. The lowest BCUT2D eigenvalue weighted by Gasteiger charge is -2.19. The van der Waals surface area contributed by atoms with Gasteiger partial charge in [0.2, 0.25) is 0 Å². The van der Waals surface area contributed by atoms with E-state index in [4.69, 9.17) is 8.83 Å². The van der Waals surface area contributed by atoms with E-state index in [1.807, 2.05) is 41.5 Å². The van der Waals surface area contributed by atoms with Crippen molar-refractivity contribution < 1.29 is 35.2 Å². The number of alkyl halides is 6. The molecule has 0 amide bonds. The highest BCUT2D eigenvalue weighted by Gasteiger charge is 2.43. The molecule has 0 saturated carbocycles. The molecular weight excluding hydrogens is 590 g/mol. The number of furan rings is 2. The minimum absolute atomic E-state index is 0.0537. The molecule has 6 nitrogen and oxygen atoms in total. The lowest BCUT2D eigenvalue weighted by atomic mass is 9.85. The van der Waals surface area contributed by atoms with Gasteiger partial charge in [-0.3, -0.25) is 0 Å². The first-order chi connectivity index (χ1) is 18.4. The predicted molar refractivity (Wildman–Crippen MR) is 146 cm³/mol. The SMILES string of the molecule is CC(C)(C)c1cc(-n2nc(C(C)(C)c3cc(C(F)(F)F)n(-c4cc(C(C)(C)C)oc4S)n3)cc2C(F)(F)F)c(S)o1. The van der Waals surface area contributed by atoms with Crippen molar-refractivity contribution in [1.82, 2.24) is 19.6 Å². The molecular formula is C27H30F6N4O2S2. The van der Waals surface area contributed by atoms with Crippen molar-refractivity contribution in [2.75, 3.05) is 0 Å². The maximum atomic E-state index is 14.2. The van der Waals surface area contributed by atoms with Gasteiger partial charge in [0, 0.05) is 23.0 Å². The van der Waals surface area contributed by atoms with Gasteiger partial charge in [-0.2, -0.15) is 36.5 Å². The zero-order chi connectivity index (χ0) is 31.1. The standard InChI is InChI=1S/C27H30F6N4O2S2/c1-23(2,3)19-9-13(21(40)38-19)36-17(26(28,29)30)11-15(34-36)25(7,8)16-12-18(27(31,32)33)37(35-16)14-10-20(24(4,5)6)39-22(14)41/h9-12,40-41H,1-8H3. The Balaban J connectivity index is 1.90. The third-order valence-corrected chi connectivity index (χ3v) is 7.24. The normalized spacial score (nSPS) is 13.9. The minimum Gasteiger partial charge on any atom is -0.452 e. The Hall–Kier alpha value is -2.74. The van der Waals surface area contributed by atoms with Gasteiger partial charge in [0.05, 0.1) is 16.8 Å². The molecule has 0 aromatic carbocycles. The van der Waals surface area contributed by atoms with E-state index in [1.54, 1.807) is 0 Å². The Morgan fingerprint density at radius 3 is 1.15 bits per heavy atom. The number of thiol groups is 2. The molecule has 0 aliphatic heterocycles. The topological polar surface area (TPSA) is 61.9 Å². The lowest BCUT2D eigenvalue weighted by molar-refractivity contribution is -0.143. The zero-order valence-corrected chi connectivity index (χ0v) is 25.4. The smallest absolute Gasteiger partial charge is 0.433 e. The van der Waals surface area contributed by atoms with Gasteiger partial charge in [-0.25, -0.2) is 9.36 Å². The summed E-state index contributed by atoms with van der Waals surface area (Å²) in [5, 5.41) is 8.22. The van der Waals surface area contributed by atoms with E-state index < -0.39 is 40.0 Å². The average molecular weight is 621 g/mol. The quantitative estimate of drug-likeness (QED) is 0.177. The van der Waals surface area contributed by atoms with E-state index in [0.29, 0.717) is 20.9 Å². The van der Waals surface area contributed by atoms with Crippen LogP contribution in [0.3, 0.4) is 0 Å². The van der Waals surface area contributed by atoms with E-state index in [-0.39, 0.29) is 32.9 Å². The summed E-state index contributed by atoms with van der Waals surface area (Å²) in [6, 6.07) is 4.42. The minimum atomic E-state index is -4.85. The van der Waals surface area contributed by atoms with Crippen LogP contribution < -0.4 is 0 Å². The van der Waals surface area contributed by atoms with Crippen LogP contribution >= 0.6 is 25.3 Å². The maximum absolute atomic E-state index is 14.2. The largest absolute Gasteiger partial charge is 0.452 e. The number of rotatable bonds is 4. The average Bonchev–Trinajstić information content (AvgIpc) is 3.54. The maximum Gasteiger partial charge on any atom is 0.433 e. The summed E-state index contributed by atoms with van der Waals surface area (Å²) in [4.78, 5) is 0. The third kappa shape index (κ3) is 5.81. The van der Waals surface area contributed by atoms with Crippen molar-refractivity contribution >= 4 is 25.3 Å². The van der Waals surface area contributed by atoms with Gasteiger partial charge in [-0.15, -0.1) is 25.3 Å². The second-order valence-electron chi connectivity index (χ2n) is 12.4. The van der Waals surface area contributed by atoms with E-state index >= 15 is 0 Å².